The summed E-state index contributed by atoms with van der Waals surface area (Å²) in [6.45, 7) is 2.72. The third-order valence-electron chi connectivity index (χ3n) is 2.95. The Kier molecular flexibility index (Phi) is 3.54. The van der Waals surface area contributed by atoms with Gasteiger partial charge in [0.25, 0.3) is 5.91 Å². The van der Waals surface area contributed by atoms with E-state index in [-0.39, 0.29) is 5.91 Å². The van der Waals surface area contributed by atoms with Crippen molar-refractivity contribution in [3.05, 3.63) is 28.0 Å². The van der Waals surface area contributed by atoms with Crippen LogP contribution in [0.1, 0.15) is 16.2 Å². The number of fused-ring (bicyclic) bond motifs is 1. The first-order valence-electron chi connectivity index (χ1n) is 6.33. The van der Waals surface area contributed by atoms with Gasteiger partial charge >= 0.3 is 0 Å². The molecule has 1 N–H and O–H groups in total. The van der Waals surface area contributed by atoms with Crippen LogP contribution in [0.5, 0.6) is 11.5 Å². The van der Waals surface area contributed by atoms with Crippen molar-refractivity contribution in [1.82, 2.24) is 14.8 Å². The zero-order valence-electron chi connectivity index (χ0n) is 11.5. The van der Waals surface area contributed by atoms with Gasteiger partial charge in [0.05, 0.1) is 4.47 Å². The Hall–Kier alpha value is -2.09. The summed E-state index contributed by atoms with van der Waals surface area (Å²) in [5, 5.41) is 6.80. The maximum absolute atomic E-state index is 12.3. The average Bonchev–Trinajstić information content (AvgIpc) is 2.77. The number of benzene rings is 1. The number of hydrogen-bond donors (Lipinski definition) is 1. The fourth-order valence-electron chi connectivity index (χ4n) is 2.04. The highest BCUT2D eigenvalue weighted by molar-refractivity contribution is 9.10. The van der Waals surface area contributed by atoms with Crippen molar-refractivity contribution in [2.24, 2.45) is 7.05 Å². The summed E-state index contributed by atoms with van der Waals surface area (Å²) in [6.07, 6.45) is 0. The van der Waals surface area contributed by atoms with Crippen LogP contribution in [0.3, 0.4) is 0 Å². The Morgan fingerprint density at radius 3 is 2.86 bits per heavy atom. The lowest BCUT2D eigenvalue weighted by molar-refractivity contribution is 0.102. The molecule has 2 heterocycles. The van der Waals surface area contributed by atoms with E-state index in [0.717, 1.165) is 0 Å². The lowest BCUT2D eigenvalue weighted by Crippen LogP contribution is -2.18. The largest absolute Gasteiger partial charge is 0.486 e. The van der Waals surface area contributed by atoms with Crippen molar-refractivity contribution < 1.29 is 14.3 Å². The van der Waals surface area contributed by atoms with Gasteiger partial charge in [0, 0.05) is 12.6 Å². The zero-order chi connectivity index (χ0) is 15.0. The van der Waals surface area contributed by atoms with Crippen LogP contribution in [0.2, 0.25) is 0 Å². The van der Waals surface area contributed by atoms with Gasteiger partial charge in [-0.05, 0) is 35.0 Å². The van der Waals surface area contributed by atoms with E-state index < -0.39 is 0 Å². The number of carbonyl (C=O) groups excluding carboxylic acids is 1. The molecule has 2 aromatic rings. The molecule has 0 atom stereocenters. The quantitative estimate of drug-likeness (QED) is 0.892. The van der Waals surface area contributed by atoms with Crippen molar-refractivity contribution >= 4 is 27.8 Å². The molecule has 0 bridgehead atoms. The average molecular weight is 353 g/mol. The molecule has 0 fully saturated rings. The summed E-state index contributed by atoms with van der Waals surface area (Å²) in [5.41, 5.74) is 0.451. The maximum atomic E-state index is 12.3. The number of anilines is 1. The third kappa shape index (κ3) is 2.71. The van der Waals surface area contributed by atoms with E-state index in [0.29, 0.717) is 46.5 Å². The molecule has 1 aromatic heterocycles. The van der Waals surface area contributed by atoms with Crippen LogP contribution < -0.4 is 14.8 Å². The fraction of sp³-hybridized carbons (Fsp3) is 0.308. The Morgan fingerprint density at radius 2 is 2.14 bits per heavy atom. The smallest absolute Gasteiger partial charge is 0.258 e. The van der Waals surface area contributed by atoms with Gasteiger partial charge in [-0.2, -0.15) is 10.1 Å². The second-order valence-electron chi connectivity index (χ2n) is 4.54. The monoisotopic (exact) mass is 352 g/mol. The SMILES string of the molecule is Cc1nc(NC(=O)c2cc(Br)c3c(c2)OCCO3)n(C)n1. The summed E-state index contributed by atoms with van der Waals surface area (Å²) >= 11 is 3.39. The second kappa shape index (κ2) is 5.36. The van der Waals surface area contributed by atoms with Crippen LogP contribution in [0.4, 0.5) is 5.95 Å². The van der Waals surface area contributed by atoms with Gasteiger partial charge in [0.2, 0.25) is 5.95 Å². The topological polar surface area (TPSA) is 78.3 Å². The van der Waals surface area contributed by atoms with Crippen LogP contribution >= 0.6 is 15.9 Å². The third-order valence-corrected chi connectivity index (χ3v) is 3.54. The van der Waals surface area contributed by atoms with Crippen molar-refractivity contribution in [2.75, 3.05) is 18.5 Å². The predicted octanol–water partition coefficient (Wildman–Crippen LogP) is 1.91. The van der Waals surface area contributed by atoms with Crippen LogP contribution in [-0.2, 0) is 7.05 Å². The van der Waals surface area contributed by atoms with Crippen molar-refractivity contribution in [3.8, 4) is 11.5 Å². The lowest BCUT2D eigenvalue weighted by atomic mass is 10.2. The number of nitrogens with zero attached hydrogens (tertiary/aromatic N) is 3. The number of rotatable bonds is 2. The number of carbonyl (C=O) groups is 1. The Balaban J connectivity index is 1.88. The zero-order valence-corrected chi connectivity index (χ0v) is 13.1. The van der Waals surface area contributed by atoms with E-state index in [1.807, 2.05) is 0 Å². The molecule has 110 valence electrons. The van der Waals surface area contributed by atoms with Crippen LogP contribution in [-0.4, -0.2) is 33.9 Å². The number of hydrogen-bond acceptors (Lipinski definition) is 5. The Morgan fingerprint density at radius 1 is 1.38 bits per heavy atom. The van der Waals surface area contributed by atoms with E-state index in [1.165, 1.54) is 4.68 Å². The van der Waals surface area contributed by atoms with Crippen molar-refractivity contribution in [3.63, 3.8) is 0 Å². The molecule has 1 aliphatic heterocycles. The molecule has 1 aliphatic rings. The van der Waals surface area contributed by atoms with E-state index in [4.69, 9.17) is 9.47 Å². The molecule has 3 rings (SSSR count). The summed E-state index contributed by atoms with van der Waals surface area (Å²) in [7, 11) is 1.72. The van der Waals surface area contributed by atoms with E-state index >= 15 is 0 Å². The summed E-state index contributed by atoms with van der Waals surface area (Å²) in [4.78, 5) is 16.4. The molecule has 1 amide bonds. The van der Waals surface area contributed by atoms with Crippen LogP contribution in [0, 0.1) is 6.92 Å². The number of aryl methyl sites for hydroxylation is 2. The summed E-state index contributed by atoms with van der Waals surface area (Å²) in [6, 6.07) is 3.34. The Labute approximate surface area is 129 Å². The molecule has 0 saturated heterocycles. The number of nitrogens with one attached hydrogen (secondary N) is 1. The van der Waals surface area contributed by atoms with Gasteiger partial charge in [-0.15, -0.1) is 0 Å². The highest BCUT2D eigenvalue weighted by Crippen LogP contribution is 2.38. The molecule has 1 aromatic carbocycles. The van der Waals surface area contributed by atoms with Gasteiger partial charge in [-0.1, -0.05) is 0 Å². The first-order chi connectivity index (χ1) is 10.0. The van der Waals surface area contributed by atoms with Crippen LogP contribution in [0.25, 0.3) is 0 Å². The number of ether oxygens (including phenoxy) is 2. The molecule has 8 heteroatoms. The molecule has 0 radical (unpaired) electrons. The van der Waals surface area contributed by atoms with Gasteiger partial charge in [-0.3, -0.25) is 10.1 Å². The summed E-state index contributed by atoms with van der Waals surface area (Å²) < 4.78 is 13.2. The molecule has 0 unspecified atom stereocenters. The molecular weight excluding hydrogens is 340 g/mol. The van der Waals surface area contributed by atoms with E-state index in [9.17, 15) is 4.79 Å². The van der Waals surface area contributed by atoms with Crippen molar-refractivity contribution in [1.29, 1.82) is 0 Å². The minimum Gasteiger partial charge on any atom is -0.486 e. The standard InChI is InChI=1S/C13H13BrN4O3/c1-7-15-13(18(2)17-7)16-12(19)8-5-9(14)11-10(6-8)20-3-4-21-11/h5-6H,3-4H2,1-2H3,(H,15,16,17,19). The van der Waals surface area contributed by atoms with Gasteiger partial charge in [0.1, 0.15) is 19.0 Å². The molecular formula is C13H13BrN4O3. The molecule has 7 nitrogen and oxygen atoms in total. The first kappa shape index (κ1) is 13.9. The highest BCUT2D eigenvalue weighted by atomic mass is 79.9. The first-order valence-corrected chi connectivity index (χ1v) is 7.12. The molecule has 0 saturated carbocycles. The van der Waals surface area contributed by atoms with E-state index in [2.05, 4.69) is 31.3 Å². The Bertz CT molecular complexity index is 714. The molecule has 0 spiro atoms. The minimum absolute atomic E-state index is 0.289. The van der Waals surface area contributed by atoms with Gasteiger partial charge in [0.15, 0.2) is 11.5 Å². The lowest BCUT2D eigenvalue weighted by Gasteiger charge is -2.20. The molecule has 21 heavy (non-hydrogen) atoms. The van der Waals surface area contributed by atoms with Gasteiger partial charge < -0.3 is 9.47 Å². The minimum atomic E-state index is -0.289. The molecule has 0 aliphatic carbocycles. The normalized spacial score (nSPS) is 13.1. The maximum Gasteiger partial charge on any atom is 0.258 e. The highest BCUT2D eigenvalue weighted by Gasteiger charge is 2.20. The predicted molar refractivity (Wildman–Crippen MR) is 78.8 cm³/mol. The number of halogens is 1. The van der Waals surface area contributed by atoms with E-state index in [1.54, 1.807) is 26.1 Å². The van der Waals surface area contributed by atoms with Crippen molar-refractivity contribution in [2.45, 2.75) is 6.92 Å². The number of aromatic nitrogens is 3. The summed E-state index contributed by atoms with van der Waals surface area (Å²) in [5.74, 6) is 1.87. The fourth-order valence-corrected chi connectivity index (χ4v) is 2.59. The van der Waals surface area contributed by atoms with Crippen LogP contribution in [0.15, 0.2) is 16.6 Å². The second-order valence-corrected chi connectivity index (χ2v) is 5.40. The van der Waals surface area contributed by atoms with Gasteiger partial charge in [-0.25, -0.2) is 4.68 Å². The number of amides is 1.